The minimum absolute atomic E-state index is 0.0636. The highest BCUT2D eigenvalue weighted by molar-refractivity contribution is 7.47. The second-order valence-corrected chi connectivity index (χ2v) is 30.9. The van der Waals surface area contributed by atoms with E-state index in [4.69, 9.17) is 37.0 Å². The molecule has 0 aromatic carbocycles. The summed E-state index contributed by atoms with van der Waals surface area (Å²) >= 11 is 0. The van der Waals surface area contributed by atoms with E-state index in [0.717, 1.165) is 225 Å². The molecular weight excluding hydrogens is 1450 g/mol. The fraction of sp³-hybridized carbons (Fsp3) is 0.634. The summed E-state index contributed by atoms with van der Waals surface area (Å²) in [6.07, 6.45) is 101. The lowest BCUT2D eigenvalue weighted by Gasteiger charge is -2.21. The van der Waals surface area contributed by atoms with Crippen LogP contribution in [0.1, 0.15) is 323 Å². The van der Waals surface area contributed by atoms with Gasteiger partial charge in [0.05, 0.1) is 26.4 Å². The highest BCUT2D eigenvalue weighted by atomic mass is 31.2. The summed E-state index contributed by atoms with van der Waals surface area (Å²) in [5, 5.41) is 10.7. The highest BCUT2D eigenvalue weighted by Gasteiger charge is 2.30. The molecule has 0 bridgehead atoms. The summed E-state index contributed by atoms with van der Waals surface area (Å²) in [5.41, 5.74) is 0. The quantitative estimate of drug-likeness (QED) is 0.0169. The van der Waals surface area contributed by atoms with Crippen LogP contribution < -0.4 is 0 Å². The maximum atomic E-state index is 13.2. The van der Waals surface area contributed by atoms with E-state index in [1.54, 1.807) is 0 Å². The number of unbranched alkanes of at least 4 members (excludes halogenated alkanes) is 23. The number of carbonyl (C=O) groups is 4. The summed E-state index contributed by atoms with van der Waals surface area (Å²) in [6, 6.07) is 0. The van der Waals surface area contributed by atoms with E-state index in [-0.39, 0.29) is 25.7 Å². The molecule has 17 nitrogen and oxygen atoms in total. The van der Waals surface area contributed by atoms with Crippen molar-refractivity contribution in [3.05, 3.63) is 182 Å². The second kappa shape index (κ2) is 83.1. The first-order chi connectivity index (χ1) is 54.7. The maximum Gasteiger partial charge on any atom is 0.472 e. The van der Waals surface area contributed by atoms with Gasteiger partial charge in [-0.2, -0.15) is 0 Å². The van der Waals surface area contributed by atoms with Crippen molar-refractivity contribution in [1.29, 1.82) is 0 Å². The van der Waals surface area contributed by atoms with Gasteiger partial charge >= 0.3 is 39.5 Å². The number of esters is 4. The van der Waals surface area contributed by atoms with E-state index in [0.29, 0.717) is 25.7 Å². The average molecular weight is 1600 g/mol. The molecule has 0 saturated carbocycles. The van der Waals surface area contributed by atoms with Gasteiger partial charge in [0.1, 0.15) is 19.3 Å². The molecule has 5 unspecified atom stereocenters. The first kappa shape index (κ1) is 106. The number of hydrogen-bond acceptors (Lipinski definition) is 15. The van der Waals surface area contributed by atoms with E-state index in [9.17, 15) is 43.2 Å². The van der Waals surface area contributed by atoms with Crippen LogP contribution in [0.4, 0.5) is 0 Å². The Morgan fingerprint density at radius 1 is 0.259 bits per heavy atom. The number of allylic oxidation sites excluding steroid dienone is 30. The zero-order chi connectivity index (χ0) is 81.7. The van der Waals surface area contributed by atoms with Crippen LogP contribution >= 0.6 is 15.6 Å². The number of ether oxygens (including phenoxy) is 4. The molecule has 0 aliphatic rings. The van der Waals surface area contributed by atoms with Crippen LogP contribution in [0.15, 0.2) is 182 Å². The van der Waals surface area contributed by atoms with Crippen molar-refractivity contribution in [2.75, 3.05) is 39.6 Å². The van der Waals surface area contributed by atoms with Crippen LogP contribution in [-0.4, -0.2) is 96.7 Å². The lowest BCUT2D eigenvalue weighted by atomic mass is 10.1. The Hall–Kier alpha value is -5.84. The monoisotopic (exact) mass is 1600 g/mol. The van der Waals surface area contributed by atoms with Crippen molar-refractivity contribution >= 4 is 39.5 Å². The summed E-state index contributed by atoms with van der Waals surface area (Å²) in [6.45, 7) is 4.43. The van der Waals surface area contributed by atoms with Crippen molar-refractivity contribution in [2.45, 2.75) is 341 Å². The Labute approximate surface area is 679 Å². The third-order valence-corrected chi connectivity index (χ3v) is 19.2. The Kier molecular flexibility index (Phi) is 78.8. The summed E-state index contributed by atoms with van der Waals surface area (Å²) in [5.74, 6) is -2.27. The lowest BCUT2D eigenvalue weighted by Crippen LogP contribution is -2.30. The van der Waals surface area contributed by atoms with Crippen molar-refractivity contribution in [2.24, 2.45) is 0 Å². The van der Waals surface area contributed by atoms with Crippen molar-refractivity contribution in [3.63, 3.8) is 0 Å². The van der Waals surface area contributed by atoms with Gasteiger partial charge in [0.25, 0.3) is 0 Å². The molecule has 0 aliphatic carbocycles. The molecule has 112 heavy (non-hydrogen) atoms. The van der Waals surface area contributed by atoms with Gasteiger partial charge in [-0.3, -0.25) is 37.3 Å². The normalized spacial score (nSPS) is 14.7. The molecule has 0 fully saturated rings. The zero-order valence-corrected chi connectivity index (χ0v) is 71.6. The molecular formula is C93H152O17P2. The van der Waals surface area contributed by atoms with Gasteiger partial charge in [-0.25, -0.2) is 9.13 Å². The van der Waals surface area contributed by atoms with Crippen LogP contribution in [0.3, 0.4) is 0 Å². The van der Waals surface area contributed by atoms with Gasteiger partial charge in [-0.15, -0.1) is 0 Å². The number of phosphoric ester groups is 2. The molecule has 0 rings (SSSR count). The SMILES string of the molecule is CC/C=C\C/C=C\C/C=C\C/C=C\C/C=C\CCCCCC(=O)OCC(COP(=O)(O)OCC(O)COP(=O)(O)OCC(COC(=O)CCCCCCCC/C=C\C/C=C\C/C=C\CCCCC)OC(=O)CCCCCCC/C=C\C/C=C\C/C=C\CC)OC(=O)CCCCCCCC/C=C\C/C=C\C/C=C\C/C=C\CC. The van der Waals surface area contributed by atoms with Crippen LogP contribution in [0.5, 0.6) is 0 Å². The molecule has 0 aromatic rings. The third-order valence-electron chi connectivity index (χ3n) is 17.3. The molecule has 0 radical (unpaired) electrons. The molecule has 19 heteroatoms. The van der Waals surface area contributed by atoms with Crippen LogP contribution in [0.25, 0.3) is 0 Å². The zero-order valence-electron chi connectivity index (χ0n) is 69.8. The molecule has 0 aliphatic heterocycles. The number of carbonyl (C=O) groups excluding carboxylic acids is 4. The number of aliphatic hydroxyl groups is 1. The number of hydrogen-bond donors (Lipinski definition) is 3. The van der Waals surface area contributed by atoms with Gasteiger partial charge < -0.3 is 33.8 Å². The predicted molar refractivity (Wildman–Crippen MR) is 463 cm³/mol. The van der Waals surface area contributed by atoms with E-state index >= 15 is 0 Å². The molecule has 0 aromatic heterocycles. The smallest absolute Gasteiger partial charge is 0.462 e. The van der Waals surface area contributed by atoms with Crippen molar-refractivity contribution in [3.8, 4) is 0 Å². The average Bonchev–Trinajstić information content (AvgIpc) is 0.898. The standard InChI is InChI=1S/C93H152O17P2/c1-5-9-13-17-21-25-29-33-37-40-43-46-50-53-57-61-65-69-73-77-90(95)103-83-88(109-92(97)79-75-71-67-63-59-55-49-36-32-28-24-20-16-12-8-4)85-107-111(99,100)105-81-87(94)82-106-112(101,102)108-86-89(110-93(98)80-76-72-68-64-60-56-52-48-45-42-39-35-31-27-23-19-15-11-7-3)84-104-91(96)78-74-70-66-62-58-54-51-47-44-41-38-34-30-26-22-18-14-10-6-2/h10-12,14-16,21-28,33-39,43-49,54,58,87-89,94H,5-9,13,17-20,29-32,40-42,50-53,55-57,59-86H2,1-4H3,(H,99,100)(H,101,102)/b14-10-,15-11-,16-12-,25-21-,26-22-,27-23-,28-24-,37-33-,38-34-,39-35-,46-43-,47-44-,48-45-,49-36-,58-54-. The van der Waals surface area contributed by atoms with Crippen molar-refractivity contribution in [1.82, 2.24) is 0 Å². The van der Waals surface area contributed by atoms with Gasteiger partial charge in [0, 0.05) is 25.7 Å². The summed E-state index contributed by atoms with van der Waals surface area (Å²) < 4.78 is 68.8. The molecule has 0 spiro atoms. The van der Waals surface area contributed by atoms with Crippen LogP contribution in [-0.2, 0) is 65.4 Å². The minimum atomic E-state index is -5.01. The van der Waals surface area contributed by atoms with Gasteiger partial charge in [0.2, 0.25) is 0 Å². The van der Waals surface area contributed by atoms with E-state index in [1.165, 1.54) is 19.3 Å². The molecule has 0 heterocycles. The Morgan fingerprint density at radius 2 is 0.464 bits per heavy atom. The first-order valence-electron chi connectivity index (χ1n) is 43.0. The van der Waals surface area contributed by atoms with E-state index in [2.05, 4.69) is 210 Å². The summed E-state index contributed by atoms with van der Waals surface area (Å²) in [4.78, 5) is 73.3. The van der Waals surface area contributed by atoms with Crippen molar-refractivity contribution < 1.29 is 80.2 Å². The Balaban J connectivity index is 5.47. The topological polar surface area (TPSA) is 237 Å². The van der Waals surface area contributed by atoms with Crippen LogP contribution in [0, 0.1) is 0 Å². The van der Waals surface area contributed by atoms with Gasteiger partial charge in [-0.05, 0) is 180 Å². The highest BCUT2D eigenvalue weighted by Crippen LogP contribution is 2.45. The van der Waals surface area contributed by atoms with Gasteiger partial charge in [0.15, 0.2) is 12.2 Å². The van der Waals surface area contributed by atoms with Crippen LogP contribution in [0.2, 0.25) is 0 Å². The number of phosphoric acid groups is 2. The predicted octanol–water partition coefficient (Wildman–Crippen LogP) is 25.9. The third kappa shape index (κ3) is 82.2. The molecule has 0 amide bonds. The fourth-order valence-electron chi connectivity index (χ4n) is 10.9. The Bertz CT molecular complexity index is 2840. The van der Waals surface area contributed by atoms with E-state index < -0.39 is 97.5 Å². The fourth-order valence-corrected chi connectivity index (χ4v) is 12.5. The second-order valence-electron chi connectivity index (χ2n) is 28.0. The molecule has 3 N–H and O–H groups in total. The first-order valence-corrected chi connectivity index (χ1v) is 46.0. The maximum absolute atomic E-state index is 13.2. The minimum Gasteiger partial charge on any atom is -0.462 e. The number of aliphatic hydroxyl groups excluding tert-OH is 1. The molecule has 5 atom stereocenters. The van der Waals surface area contributed by atoms with E-state index in [1.807, 2.05) is 0 Å². The van der Waals surface area contributed by atoms with Gasteiger partial charge in [-0.1, -0.05) is 300 Å². The summed E-state index contributed by atoms with van der Waals surface area (Å²) in [7, 11) is -10.0. The molecule has 636 valence electrons. The Morgan fingerprint density at radius 3 is 0.723 bits per heavy atom. The molecule has 0 saturated heterocycles. The number of rotatable bonds is 79. The lowest BCUT2D eigenvalue weighted by molar-refractivity contribution is -0.161. The largest absolute Gasteiger partial charge is 0.472 e.